The smallest absolute Gasteiger partial charge is 0.322 e. The molecule has 0 aliphatic rings. The lowest BCUT2D eigenvalue weighted by Crippen LogP contribution is -2.13. The predicted molar refractivity (Wildman–Crippen MR) is 79.6 cm³/mol. The van der Waals surface area contributed by atoms with E-state index < -0.39 is 0 Å². The molecular formula is C12H16ClN5OS. The third-order valence-corrected chi connectivity index (χ3v) is 3.64. The zero-order chi connectivity index (χ0) is 14.4. The van der Waals surface area contributed by atoms with Crippen LogP contribution >= 0.6 is 22.9 Å². The lowest BCUT2D eigenvalue weighted by molar-refractivity contribution is 0.291. The molecule has 0 spiro atoms. The van der Waals surface area contributed by atoms with Gasteiger partial charge < -0.3 is 10.1 Å². The van der Waals surface area contributed by atoms with Crippen molar-refractivity contribution < 1.29 is 4.74 Å². The molecule has 2 rings (SSSR count). The van der Waals surface area contributed by atoms with E-state index in [1.54, 1.807) is 17.5 Å². The molecule has 0 aromatic carbocycles. The van der Waals surface area contributed by atoms with Crippen molar-refractivity contribution >= 4 is 28.9 Å². The first-order chi connectivity index (χ1) is 9.69. The summed E-state index contributed by atoms with van der Waals surface area (Å²) in [7, 11) is 0. The van der Waals surface area contributed by atoms with Crippen molar-refractivity contribution in [2.45, 2.75) is 26.2 Å². The van der Waals surface area contributed by atoms with E-state index in [4.69, 9.17) is 16.3 Å². The summed E-state index contributed by atoms with van der Waals surface area (Å²) in [5.41, 5.74) is 0. The second-order valence-corrected chi connectivity index (χ2v) is 5.48. The quantitative estimate of drug-likeness (QED) is 0.847. The van der Waals surface area contributed by atoms with Gasteiger partial charge in [-0.1, -0.05) is 13.8 Å². The molecule has 0 aliphatic carbocycles. The number of thiazole rings is 1. The molecule has 0 aliphatic heterocycles. The van der Waals surface area contributed by atoms with Crippen LogP contribution in [0.2, 0.25) is 5.28 Å². The SMILES string of the molecule is CCCOc1nc(Cl)nc(NCC(C)c2nccs2)n1. The Kier molecular flexibility index (Phi) is 5.49. The van der Waals surface area contributed by atoms with Gasteiger partial charge >= 0.3 is 6.01 Å². The molecule has 0 saturated carbocycles. The Bertz CT molecular complexity index is 537. The maximum absolute atomic E-state index is 5.85. The van der Waals surface area contributed by atoms with Crippen LogP contribution in [0.25, 0.3) is 0 Å². The van der Waals surface area contributed by atoms with E-state index in [1.165, 1.54) is 0 Å². The van der Waals surface area contributed by atoms with E-state index in [1.807, 2.05) is 12.3 Å². The second kappa shape index (κ2) is 7.35. The third kappa shape index (κ3) is 4.28. The molecular weight excluding hydrogens is 298 g/mol. The van der Waals surface area contributed by atoms with E-state index in [9.17, 15) is 0 Å². The van der Waals surface area contributed by atoms with Crippen molar-refractivity contribution in [1.29, 1.82) is 0 Å². The molecule has 0 amide bonds. The number of hydrogen-bond donors (Lipinski definition) is 1. The maximum atomic E-state index is 5.85. The average Bonchev–Trinajstić information content (AvgIpc) is 2.96. The van der Waals surface area contributed by atoms with Crippen LogP contribution in [0.4, 0.5) is 5.95 Å². The fourth-order valence-electron chi connectivity index (χ4n) is 1.48. The summed E-state index contributed by atoms with van der Waals surface area (Å²) in [4.78, 5) is 16.4. The third-order valence-electron chi connectivity index (χ3n) is 2.46. The van der Waals surface area contributed by atoms with Gasteiger partial charge in [-0.2, -0.15) is 15.0 Å². The fourth-order valence-corrected chi connectivity index (χ4v) is 2.33. The van der Waals surface area contributed by atoms with Crippen molar-refractivity contribution in [1.82, 2.24) is 19.9 Å². The first-order valence-corrected chi connectivity index (χ1v) is 7.62. The van der Waals surface area contributed by atoms with Gasteiger partial charge in [0, 0.05) is 24.0 Å². The van der Waals surface area contributed by atoms with Gasteiger partial charge in [0.1, 0.15) is 0 Å². The van der Waals surface area contributed by atoms with Gasteiger partial charge in [0.25, 0.3) is 0 Å². The predicted octanol–water partition coefficient (Wildman–Crippen LogP) is 2.99. The van der Waals surface area contributed by atoms with Crippen LogP contribution in [0.3, 0.4) is 0 Å². The lowest BCUT2D eigenvalue weighted by Gasteiger charge is -2.10. The molecule has 0 fully saturated rings. The standard InChI is InChI=1S/C12H16ClN5OS/c1-3-5-19-12-17-10(13)16-11(18-12)15-7-8(2)9-14-4-6-20-9/h4,6,8H,3,5,7H2,1-2H3,(H,15,16,17,18). The molecule has 2 aromatic heterocycles. The van der Waals surface area contributed by atoms with Gasteiger partial charge in [0.2, 0.25) is 11.2 Å². The Morgan fingerprint density at radius 1 is 1.40 bits per heavy atom. The van der Waals surface area contributed by atoms with Crippen molar-refractivity contribution in [2.24, 2.45) is 0 Å². The molecule has 20 heavy (non-hydrogen) atoms. The van der Waals surface area contributed by atoms with Crippen LogP contribution in [0, 0.1) is 0 Å². The molecule has 2 aromatic rings. The summed E-state index contributed by atoms with van der Waals surface area (Å²) in [6.45, 7) is 5.32. The molecule has 108 valence electrons. The van der Waals surface area contributed by atoms with Crippen LogP contribution in [-0.4, -0.2) is 33.1 Å². The number of halogens is 1. The number of anilines is 1. The van der Waals surface area contributed by atoms with Crippen LogP contribution < -0.4 is 10.1 Å². The highest BCUT2D eigenvalue weighted by atomic mass is 35.5. The normalized spacial score (nSPS) is 12.2. The Balaban J connectivity index is 1.96. The fraction of sp³-hybridized carbons (Fsp3) is 0.500. The lowest BCUT2D eigenvalue weighted by atomic mass is 10.2. The van der Waals surface area contributed by atoms with Crippen LogP contribution in [0.15, 0.2) is 11.6 Å². The average molecular weight is 314 g/mol. The van der Waals surface area contributed by atoms with Gasteiger partial charge in [0.05, 0.1) is 11.6 Å². The first-order valence-electron chi connectivity index (χ1n) is 6.36. The molecule has 0 radical (unpaired) electrons. The summed E-state index contributed by atoms with van der Waals surface area (Å²) < 4.78 is 5.36. The largest absolute Gasteiger partial charge is 0.463 e. The van der Waals surface area contributed by atoms with Crippen LogP contribution in [0.5, 0.6) is 6.01 Å². The topological polar surface area (TPSA) is 72.8 Å². The van der Waals surface area contributed by atoms with Crippen LogP contribution in [-0.2, 0) is 0 Å². The van der Waals surface area contributed by atoms with Gasteiger partial charge in [-0.3, -0.25) is 0 Å². The Morgan fingerprint density at radius 2 is 2.25 bits per heavy atom. The van der Waals surface area contributed by atoms with E-state index in [0.717, 1.165) is 11.4 Å². The Morgan fingerprint density at radius 3 is 2.95 bits per heavy atom. The molecule has 1 N–H and O–H groups in total. The van der Waals surface area contributed by atoms with E-state index >= 15 is 0 Å². The number of nitrogens with zero attached hydrogens (tertiary/aromatic N) is 4. The first kappa shape index (κ1) is 14.9. The second-order valence-electron chi connectivity index (χ2n) is 4.21. The summed E-state index contributed by atoms with van der Waals surface area (Å²) in [6, 6.07) is 0.247. The number of nitrogens with one attached hydrogen (secondary N) is 1. The molecule has 0 saturated heterocycles. The van der Waals surface area contributed by atoms with Crippen LogP contribution in [0.1, 0.15) is 31.2 Å². The number of rotatable bonds is 7. The summed E-state index contributed by atoms with van der Waals surface area (Å²) in [5, 5.41) is 6.28. The van der Waals surface area contributed by atoms with E-state index in [0.29, 0.717) is 19.1 Å². The van der Waals surface area contributed by atoms with Gasteiger partial charge in [-0.25, -0.2) is 4.98 Å². The van der Waals surface area contributed by atoms with Gasteiger partial charge in [-0.05, 0) is 18.0 Å². The number of aromatic nitrogens is 4. The summed E-state index contributed by atoms with van der Waals surface area (Å²) in [5.74, 6) is 0.685. The highest BCUT2D eigenvalue weighted by Crippen LogP contribution is 2.18. The van der Waals surface area contributed by atoms with Crippen molar-refractivity contribution in [2.75, 3.05) is 18.5 Å². The highest BCUT2D eigenvalue weighted by molar-refractivity contribution is 7.09. The molecule has 0 bridgehead atoms. The number of hydrogen-bond acceptors (Lipinski definition) is 7. The van der Waals surface area contributed by atoms with Crippen molar-refractivity contribution in [3.05, 3.63) is 21.9 Å². The molecule has 2 heterocycles. The zero-order valence-corrected chi connectivity index (χ0v) is 12.9. The van der Waals surface area contributed by atoms with Crippen molar-refractivity contribution in [3.8, 4) is 6.01 Å². The van der Waals surface area contributed by atoms with Gasteiger partial charge in [-0.15, -0.1) is 11.3 Å². The summed E-state index contributed by atoms with van der Waals surface area (Å²) >= 11 is 7.48. The van der Waals surface area contributed by atoms with Gasteiger partial charge in [0.15, 0.2) is 0 Å². The van der Waals surface area contributed by atoms with E-state index in [-0.39, 0.29) is 17.2 Å². The highest BCUT2D eigenvalue weighted by Gasteiger charge is 2.10. The summed E-state index contributed by atoms with van der Waals surface area (Å²) in [6.07, 6.45) is 2.68. The number of ether oxygens (including phenoxy) is 1. The van der Waals surface area contributed by atoms with E-state index in [2.05, 4.69) is 32.2 Å². The maximum Gasteiger partial charge on any atom is 0.322 e. The molecule has 6 nitrogen and oxygen atoms in total. The minimum Gasteiger partial charge on any atom is -0.463 e. The Labute approximate surface area is 126 Å². The zero-order valence-electron chi connectivity index (χ0n) is 11.3. The Hall–Kier alpha value is -1.47. The van der Waals surface area contributed by atoms with Crippen molar-refractivity contribution in [3.63, 3.8) is 0 Å². The molecule has 8 heteroatoms. The molecule has 1 unspecified atom stereocenters. The molecule has 1 atom stereocenters. The minimum absolute atomic E-state index is 0.121. The minimum atomic E-state index is 0.121. The monoisotopic (exact) mass is 313 g/mol.